The van der Waals surface area contributed by atoms with E-state index in [4.69, 9.17) is 14.9 Å². The minimum atomic E-state index is 0.0714. The summed E-state index contributed by atoms with van der Waals surface area (Å²) in [4.78, 5) is 15.8. The van der Waals surface area contributed by atoms with Crippen molar-refractivity contribution >= 4 is 11.9 Å². The summed E-state index contributed by atoms with van der Waals surface area (Å²) in [6, 6.07) is 1.09. The van der Waals surface area contributed by atoms with Gasteiger partial charge in [0, 0.05) is 37.7 Å². The summed E-state index contributed by atoms with van der Waals surface area (Å²) < 4.78 is 12.0. The molecule has 0 amide bonds. The smallest absolute Gasteiger partial charge is 0.308 e. The Balaban J connectivity index is 2.42. The molecule has 0 aromatic carbocycles. The van der Waals surface area contributed by atoms with E-state index in [9.17, 15) is 9.90 Å². The second-order valence-corrected chi connectivity index (χ2v) is 19.1. The number of aliphatic hydroxyl groups is 1. The molecule has 0 aliphatic carbocycles. The van der Waals surface area contributed by atoms with Crippen LogP contribution in [0.3, 0.4) is 0 Å². The molecular formula is C53H105N3O4. The molecule has 0 saturated carbocycles. The van der Waals surface area contributed by atoms with Crippen molar-refractivity contribution in [2.45, 2.75) is 277 Å². The molecule has 356 valence electrons. The van der Waals surface area contributed by atoms with E-state index in [1.165, 1.54) is 167 Å². The lowest BCUT2D eigenvalue weighted by Gasteiger charge is -2.39. The number of rotatable bonds is 45. The third-order valence-electron chi connectivity index (χ3n) is 13.3. The summed E-state index contributed by atoms with van der Waals surface area (Å²) in [5, 5.41) is 22.1. The number of piperazine rings is 1. The Hall–Kier alpha value is -1.18. The maximum Gasteiger partial charge on any atom is 0.308 e. The van der Waals surface area contributed by atoms with Crippen LogP contribution in [0.4, 0.5) is 0 Å². The fourth-order valence-corrected chi connectivity index (χ4v) is 9.34. The number of unbranched alkanes of at least 4 members (excludes halogenated alkanes) is 24. The number of nitrogens with one attached hydrogen (secondary N) is 2. The molecule has 1 aliphatic rings. The van der Waals surface area contributed by atoms with Crippen LogP contribution in [-0.4, -0.2) is 73.4 Å². The van der Waals surface area contributed by atoms with Gasteiger partial charge in [-0.15, -0.1) is 0 Å². The molecular weight excluding hydrogens is 743 g/mol. The molecule has 1 fully saturated rings. The molecule has 60 heavy (non-hydrogen) atoms. The van der Waals surface area contributed by atoms with E-state index in [2.05, 4.69) is 37.9 Å². The van der Waals surface area contributed by atoms with E-state index in [0.717, 1.165) is 90.3 Å². The molecule has 0 aromatic rings. The third kappa shape index (κ3) is 33.4. The van der Waals surface area contributed by atoms with Crippen molar-refractivity contribution in [2.75, 3.05) is 39.5 Å². The zero-order valence-electron chi connectivity index (χ0n) is 40.8. The number of hydrogen-bond donors (Lipinski definition) is 3. The number of carbonyl (C=O) groups is 1. The summed E-state index contributed by atoms with van der Waals surface area (Å²) in [5.74, 6) is 1.05. The zero-order valence-corrected chi connectivity index (χ0v) is 40.8. The monoisotopic (exact) mass is 848 g/mol. The average molecular weight is 848 g/mol. The van der Waals surface area contributed by atoms with Crippen molar-refractivity contribution in [3.8, 4) is 0 Å². The first kappa shape index (κ1) is 56.8. The Morgan fingerprint density at radius 1 is 0.517 bits per heavy atom. The average Bonchev–Trinajstić information content (AvgIpc) is 3.25. The highest BCUT2D eigenvalue weighted by molar-refractivity contribution is 5.75. The van der Waals surface area contributed by atoms with Crippen molar-refractivity contribution in [3.05, 3.63) is 0 Å². The lowest BCUT2D eigenvalue weighted by Crippen LogP contribution is -2.56. The summed E-state index contributed by atoms with van der Waals surface area (Å²) >= 11 is 0. The number of nitrogens with zero attached hydrogens (tertiary/aromatic N) is 1. The lowest BCUT2D eigenvalue weighted by molar-refractivity contribution is -0.149. The molecule has 7 nitrogen and oxygen atoms in total. The van der Waals surface area contributed by atoms with Gasteiger partial charge < -0.3 is 24.8 Å². The van der Waals surface area contributed by atoms with Crippen LogP contribution in [0.15, 0.2) is 0 Å². The molecule has 0 bridgehead atoms. The maximum absolute atomic E-state index is 13.1. The predicted octanol–water partition coefficient (Wildman–Crippen LogP) is 14.9. The second-order valence-electron chi connectivity index (χ2n) is 19.1. The normalized spacial score (nSPS) is 16.0. The van der Waals surface area contributed by atoms with Crippen LogP contribution in [0.5, 0.6) is 0 Å². The Bertz CT molecular complexity index is 840. The summed E-state index contributed by atoms with van der Waals surface area (Å²) in [7, 11) is 0. The topological polar surface area (TPSA) is 94.9 Å². The quantitative estimate of drug-likeness (QED) is 0.0245. The molecule has 1 aliphatic heterocycles. The highest BCUT2D eigenvalue weighted by Gasteiger charge is 2.26. The van der Waals surface area contributed by atoms with Crippen molar-refractivity contribution < 1.29 is 19.4 Å². The lowest BCUT2D eigenvalue weighted by atomic mass is 9.94. The third-order valence-corrected chi connectivity index (χ3v) is 13.3. The van der Waals surface area contributed by atoms with Crippen molar-refractivity contribution in [1.82, 2.24) is 10.2 Å². The summed E-state index contributed by atoms with van der Waals surface area (Å²) in [6.07, 6.45) is 44.6. The maximum atomic E-state index is 13.1. The number of esters is 1. The van der Waals surface area contributed by atoms with E-state index in [1.807, 2.05) is 0 Å². The van der Waals surface area contributed by atoms with Crippen LogP contribution >= 0.6 is 0 Å². The first-order valence-corrected chi connectivity index (χ1v) is 27.0. The molecule has 0 aromatic heterocycles. The van der Waals surface area contributed by atoms with Crippen LogP contribution in [0, 0.1) is 17.2 Å². The molecule has 1 saturated heterocycles. The first-order valence-electron chi connectivity index (χ1n) is 27.0. The fourth-order valence-electron chi connectivity index (χ4n) is 9.34. The molecule has 2 atom stereocenters. The van der Waals surface area contributed by atoms with Gasteiger partial charge in [-0.2, -0.15) is 0 Å². The van der Waals surface area contributed by atoms with Crippen LogP contribution in [0.2, 0.25) is 0 Å². The van der Waals surface area contributed by atoms with Gasteiger partial charge in [0.05, 0.1) is 19.1 Å². The van der Waals surface area contributed by atoms with Gasteiger partial charge >= 0.3 is 5.97 Å². The molecule has 7 heteroatoms. The second kappa shape index (κ2) is 43.1. The van der Waals surface area contributed by atoms with Gasteiger partial charge in [-0.25, -0.2) is 0 Å². The van der Waals surface area contributed by atoms with Crippen LogP contribution in [-0.2, 0) is 14.3 Å². The standard InChI is InChI=1S/C53H105N3O4/c1-5-9-13-17-26-36-48(37-27-18-14-10-6-2)52(54)59-44-34-23-21-30-40-50-46-56(42-32-25-33-43-57)47-51(55-50)41-31-22-24-35-45-60-53(58)49(38-28-19-15-11-7-3)39-29-20-16-12-8-4/h48-51,54-55,57H,5-47H2,1-4H3. The fraction of sp³-hybridized carbons (Fsp3) is 0.962. The molecule has 0 radical (unpaired) electrons. The summed E-state index contributed by atoms with van der Waals surface area (Å²) in [5.41, 5.74) is 0. The first-order chi connectivity index (χ1) is 29.5. The summed E-state index contributed by atoms with van der Waals surface area (Å²) in [6.45, 7) is 14.1. The molecule has 0 spiro atoms. The molecule has 3 N–H and O–H groups in total. The van der Waals surface area contributed by atoms with Gasteiger partial charge in [-0.3, -0.25) is 10.2 Å². The van der Waals surface area contributed by atoms with E-state index in [-0.39, 0.29) is 11.9 Å². The number of carbonyl (C=O) groups excluding carboxylic acids is 1. The highest BCUT2D eigenvalue weighted by atomic mass is 16.5. The molecule has 1 rings (SSSR count). The van der Waals surface area contributed by atoms with E-state index >= 15 is 0 Å². The SMILES string of the molecule is CCCCCCCC(CCCCCCC)C(=N)OCCCCCCC1CN(CCCCCO)CC(CCCCCCOC(=O)C(CCCCCCC)CCCCCCC)N1. The largest absolute Gasteiger partial charge is 0.481 e. The Morgan fingerprint density at radius 2 is 0.900 bits per heavy atom. The highest BCUT2D eigenvalue weighted by Crippen LogP contribution is 2.23. The van der Waals surface area contributed by atoms with Gasteiger partial charge in [0.2, 0.25) is 0 Å². The van der Waals surface area contributed by atoms with Gasteiger partial charge in [0.15, 0.2) is 5.90 Å². The number of aliphatic hydroxyl groups excluding tert-OH is 1. The Labute approximate surface area is 374 Å². The van der Waals surface area contributed by atoms with E-state index in [0.29, 0.717) is 43.7 Å². The predicted molar refractivity (Wildman–Crippen MR) is 259 cm³/mol. The van der Waals surface area contributed by atoms with Crippen molar-refractivity contribution in [3.63, 3.8) is 0 Å². The number of ether oxygens (including phenoxy) is 2. The molecule has 2 unspecified atom stereocenters. The van der Waals surface area contributed by atoms with Crippen LogP contribution < -0.4 is 5.32 Å². The molecule has 1 heterocycles. The zero-order chi connectivity index (χ0) is 43.6. The van der Waals surface area contributed by atoms with Crippen molar-refractivity contribution in [2.24, 2.45) is 11.8 Å². The van der Waals surface area contributed by atoms with Gasteiger partial charge in [-0.05, 0) is 77.2 Å². The van der Waals surface area contributed by atoms with Gasteiger partial charge in [0.1, 0.15) is 0 Å². The number of hydrogen-bond acceptors (Lipinski definition) is 7. The van der Waals surface area contributed by atoms with Crippen LogP contribution in [0.1, 0.15) is 265 Å². The minimum absolute atomic E-state index is 0.0714. The van der Waals surface area contributed by atoms with Gasteiger partial charge in [0.25, 0.3) is 0 Å². The minimum Gasteiger partial charge on any atom is -0.481 e. The van der Waals surface area contributed by atoms with E-state index < -0.39 is 0 Å². The van der Waals surface area contributed by atoms with Crippen LogP contribution in [0.25, 0.3) is 0 Å². The van der Waals surface area contributed by atoms with E-state index in [1.54, 1.807) is 0 Å². The van der Waals surface area contributed by atoms with Gasteiger partial charge in [-0.1, -0.05) is 195 Å². The Kier molecular flexibility index (Phi) is 40.8. The van der Waals surface area contributed by atoms with Crippen molar-refractivity contribution in [1.29, 1.82) is 5.41 Å². The Morgan fingerprint density at radius 3 is 1.35 bits per heavy atom.